The van der Waals surface area contributed by atoms with E-state index in [1.165, 1.54) is 0 Å². The minimum absolute atomic E-state index is 0.325. The van der Waals surface area contributed by atoms with E-state index in [2.05, 4.69) is 18.7 Å². The van der Waals surface area contributed by atoms with E-state index >= 15 is 0 Å². The van der Waals surface area contributed by atoms with Crippen LogP contribution < -0.4 is 4.74 Å². The van der Waals surface area contributed by atoms with Gasteiger partial charge in [0.15, 0.2) is 0 Å². The SMILES string of the molecule is Cc1ccc(OCCCN2CC(C)OC(C)C2)c(Cl)c1.O=C(O)C(=O)O. The van der Waals surface area contributed by atoms with E-state index in [0.717, 1.165) is 37.4 Å². The summed E-state index contributed by atoms with van der Waals surface area (Å²) in [5.74, 6) is -2.87. The maximum atomic E-state index is 9.10. The molecule has 0 radical (unpaired) electrons. The normalized spacial score (nSPS) is 20.0. The molecule has 8 heteroatoms. The van der Waals surface area contributed by atoms with Crippen molar-refractivity contribution in [2.75, 3.05) is 26.2 Å². The maximum Gasteiger partial charge on any atom is 0.414 e. The number of aliphatic carboxylic acids is 2. The quantitative estimate of drug-likeness (QED) is 0.592. The first-order valence-corrected chi connectivity index (χ1v) is 8.79. The van der Waals surface area contributed by atoms with Gasteiger partial charge in [0.1, 0.15) is 5.75 Å². The van der Waals surface area contributed by atoms with Crippen LogP contribution in [0.25, 0.3) is 0 Å². The Hall–Kier alpha value is -1.83. The number of hydrogen-bond acceptors (Lipinski definition) is 5. The molecule has 2 rings (SSSR count). The second-order valence-corrected chi connectivity index (χ2v) is 6.67. The number of aryl methyl sites for hydroxylation is 1. The summed E-state index contributed by atoms with van der Waals surface area (Å²) >= 11 is 6.14. The fraction of sp³-hybridized carbons (Fsp3) is 0.556. The molecule has 1 aromatic carbocycles. The lowest BCUT2D eigenvalue weighted by atomic mass is 10.2. The van der Waals surface area contributed by atoms with Crippen LogP contribution >= 0.6 is 11.6 Å². The highest BCUT2D eigenvalue weighted by molar-refractivity contribution is 6.32. The molecule has 2 N–H and O–H groups in total. The molecule has 1 aromatic rings. The third kappa shape index (κ3) is 8.51. The molecule has 1 aliphatic heterocycles. The molecule has 0 bridgehead atoms. The van der Waals surface area contributed by atoms with Crippen molar-refractivity contribution in [1.29, 1.82) is 0 Å². The molecule has 1 fully saturated rings. The van der Waals surface area contributed by atoms with Crippen molar-refractivity contribution in [2.24, 2.45) is 0 Å². The first-order valence-electron chi connectivity index (χ1n) is 8.42. The van der Waals surface area contributed by atoms with Gasteiger partial charge in [-0.1, -0.05) is 17.7 Å². The summed E-state index contributed by atoms with van der Waals surface area (Å²) in [4.78, 5) is 20.6. The number of rotatable bonds is 5. The summed E-state index contributed by atoms with van der Waals surface area (Å²) < 4.78 is 11.5. The number of carbonyl (C=O) groups is 2. The summed E-state index contributed by atoms with van der Waals surface area (Å²) in [5.41, 5.74) is 1.15. The lowest BCUT2D eigenvalue weighted by molar-refractivity contribution is -0.159. The molecule has 2 atom stereocenters. The highest BCUT2D eigenvalue weighted by Crippen LogP contribution is 2.25. The topological polar surface area (TPSA) is 96.3 Å². The van der Waals surface area contributed by atoms with E-state index in [0.29, 0.717) is 23.8 Å². The Morgan fingerprint density at radius 1 is 1.23 bits per heavy atom. The van der Waals surface area contributed by atoms with Crippen LogP contribution in [0.1, 0.15) is 25.8 Å². The number of halogens is 1. The first kappa shape index (κ1) is 22.2. The fourth-order valence-corrected chi connectivity index (χ4v) is 2.95. The van der Waals surface area contributed by atoms with Crippen molar-refractivity contribution in [3.8, 4) is 5.75 Å². The molecule has 146 valence electrons. The van der Waals surface area contributed by atoms with Gasteiger partial charge < -0.3 is 19.7 Å². The van der Waals surface area contributed by atoms with Crippen molar-refractivity contribution in [3.05, 3.63) is 28.8 Å². The molecular formula is C18H26ClNO6. The number of morpholine rings is 1. The van der Waals surface area contributed by atoms with E-state index in [9.17, 15) is 0 Å². The number of nitrogens with zero attached hydrogens (tertiary/aromatic N) is 1. The Balaban J connectivity index is 0.000000487. The van der Waals surface area contributed by atoms with Crippen LogP contribution in [0, 0.1) is 6.92 Å². The fourth-order valence-electron chi connectivity index (χ4n) is 2.66. The standard InChI is InChI=1S/C16H24ClNO2.C2H2O4/c1-12-5-6-16(15(17)9-12)19-8-4-7-18-10-13(2)20-14(3)11-18;3-1(4)2(5)6/h5-6,9,13-14H,4,7-8,10-11H2,1-3H3;(H,3,4)(H,5,6). The van der Waals surface area contributed by atoms with Gasteiger partial charge in [0.2, 0.25) is 0 Å². The molecule has 26 heavy (non-hydrogen) atoms. The Bertz CT molecular complexity index is 587. The molecule has 1 heterocycles. The van der Waals surface area contributed by atoms with Crippen molar-refractivity contribution in [1.82, 2.24) is 4.90 Å². The van der Waals surface area contributed by atoms with Gasteiger partial charge in [0.25, 0.3) is 0 Å². The summed E-state index contributed by atoms with van der Waals surface area (Å²) in [5, 5.41) is 15.5. The van der Waals surface area contributed by atoms with Gasteiger partial charge in [0.05, 0.1) is 23.8 Å². The molecule has 0 saturated carbocycles. The van der Waals surface area contributed by atoms with Gasteiger partial charge in [-0.3, -0.25) is 4.90 Å². The largest absolute Gasteiger partial charge is 0.492 e. The van der Waals surface area contributed by atoms with E-state index in [-0.39, 0.29) is 0 Å². The molecule has 0 aromatic heterocycles. The molecule has 2 unspecified atom stereocenters. The number of carboxylic acids is 2. The molecule has 1 saturated heterocycles. The minimum Gasteiger partial charge on any atom is -0.492 e. The van der Waals surface area contributed by atoms with E-state index < -0.39 is 11.9 Å². The van der Waals surface area contributed by atoms with E-state index in [4.69, 9.17) is 40.9 Å². The van der Waals surface area contributed by atoms with Crippen LogP contribution in [0.15, 0.2) is 18.2 Å². The Labute approximate surface area is 158 Å². The zero-order valence-corrected chi connectivity index (χ0v) is 16.0. The van der Waals surface area contributed by atoms with Crippen LogP contribution in [0.5, 0.6) is 5.75 Å². The maximum absolute atomic E-state index is 9.10. The van der Waals surface area contributed by atoms with Crippen LogP contribution in [0.4, 0.5) is 0 Å². The second kappa shape index (κ2) is 11.0. The third-order valence-electron chi connectivity index (χ3n) is 3.64. The third-order valence-corrected chi connectivity index (χ3v) is 3.94. The first-order chi connectivity index (χ1) is 12.2. The van der Waals surface area contributed by atoms with Crippen LogP contribution in [-0.2, 0) is 14.3 Å². The van der Waals surface area contributed by atoms with Crippen LogP contribution in [-0.4, -0.2) is 65.5 Å². The van der Waals surface area contributed by atoms with E-state index in [1.807, 2.05) is 25.1 Å². The summed E-state index contributed by atoms with van der Waals surface area (Å²) in [6, 6.07) is 5.89. The highest BCUT2D eigenvalue weighted by atomic mass is 35.5. The van der Waals surface area contributed by atoms with Crippen LogP contribution in [0.2, 0.25) is 5.02 Å². The minimum atomic E-state index is -1.82. The Morgan fingerprint density at radius 2 is 1.81 bits per heavy atom. The molecule has 0 aliphatic carbocycles. The van der Waals surface area contributed by atoms with Crippen molar-refractivity contribution in [3.63, 3.8) is 0 Å². The lowest BCUT2D eigenvalue weighted by Gasteiger charge is -2.35. The second-order valence-electron chi connectivity index (χ2n) is 6.26. The summed E-state index contributed by atoms with van der Waals surface area (Å²) in [7, 11) is 0. The highest BCUT2D eigenvalue weighted by Gasteiger charge is 2.21. The van der Waals surface area contributed by atoms with Crippen LogP contribution in [0.3, 0.4) is 0 Å². The average Bonchev–Trinajstić information content (AvgIpc) is 2.52. The van der Waals surface area contributed by atoms with Crippen molar-refractivity contribution < 1.29 is 29.3 Å². The van der Waals surface area contributed by atoms with Crippen molar-refractivity contribution in [2.45, 2.75) is 39.4 Å². The van der Waals surface area contributed by atoms with Gasteiger partial charge in [-0.15, -0.1) is 0 Å². The molecule has 0 amide bonds. The zero-order valence-electron chi connectivity index (χ0n) is 15.3. The monoisotopic (exact) mass is 387 g/mol. The van der Waals surface area contributed by atoms with Crippen molar-refractivity contribution >= 4 is 23.5 Å². The van der Waals surface area contributed by atoms with Gasteiger partial charge in [-0.05, 0) is 44.9 Å². The average molecular weight is 388 g/mol. The zero-order chi connectivity index (χ0) is 19.7. The van der Waals surface area contributed by atoms with Gasteiger partial charge >= 0.3 is 11.9 Å². The predicted molar refractivity (Wildman–Crippen MR) is 98.0 cm³/mol. The Morgan fingerprint density at radius 3 is 2.31 bits per heavy atom. The van der Waals surface area contributed by atoms with E-state index in [1.54, 1.807) is 0 Å². The van der Waals surface area contributed by atoms with Gasteiger partial charge in [-0.25, -0.2) is 9.59 Å². The lowest BCUT2D eigenvalue weighted by Crippen LogP contribution is -2.45. The van der Waals surface area contributed by atoms with Gasteiger partial charge in [0, 0.05) is 19.6 Å². The van der Waals surface area contributed by atoms with Gasteiger partial charge in [-0.2, -0.15) is 0 Å². The number of carboxylic acid groups (broad SMARTS) is 2. The molecule has 0 spiro atoms. The number of hydrogen-bond donors (Lipinski definition) is 2. The molecular weight excluding hydrogens is 362 g/mol. The summed E-state index contributed by atoms with van der Waals surface area (Å²) in [6.07, 6.45) is 1.65. The number of ether oxygens (including phenoxy) is 2. The number of benzene rings is 1. The smallest absolute Gasteiger partial charge is 0.414 e. The summed E-state index contributed by atoms with van der Waals surface area (Å²) in [6.45, 7) is 10.0. The molecule has 7 nitrogen and oxygen atoms in total. The Kier molecular flexibility index (Phi) is 9.40. The predicted octanol–water partition coefficient (Wildman–Crippen LogP) is 2.68. The molecule has 1 aliphatic rings.